The van der Waals surface area contributed by atoms with E-state index in [1.807, 2.05) is 23.6 Å². The fraction of sp³-hybridized carbons (Fsp3) is 0.409. The van der Waals surface area contributed by atoms with Crippen molar-refractivity contribution in [3.8, 4) is 16.9 Å². The van der Waals surface area contributed by atoms with Crippen molar-refractivity contribution < 1.29 is 9.94 Å². The van der Waals surface area contributed by atoms with Gasteiger partial charge in [-0.15, -0.1) is 0 Å². The van der Waals surface area contributed by atoms with Crippen LogP contribution in [0.15, 0.2) is 23.4 Å². The molecular formula is C22H27N5O2. The molecule has 0 saturated carbocycles. The molecule has 2 N–H and O–H groups in total. The average Bonchev–Trinajstić information content (AvgIpc) is 3.31. The molecule has 1 aromatic carbocycles. The summed E-state index contributed by atoms with van der Waals surface area (Å²) in [4.78, 5) is 5.02. The van der Waals surface area contributed by atoms with Crippen molar-refractivity contribution in [1.82, 2.24) is 14.6 Å². The molecule has 2 aromatic heterocycles. The Balaban J connectivity index is 1.93. The molecule has 0 aliphatic heterocycles. The SMILES string of the molecule is CC[C@@H](C=NO)Nc1c2c(nc3c(-c4ccc(OC)cc4C)c(C)nn13)CCC2. The third-order valence-corrected chi connectivity index (χ3v) is 5.67. The standard InChI is InChI=1S/C22H27N5O2/c1-5-15(12-23-28)24-21-18-7-6-8-19(18)25-22-20(14(3)26-27(21)22)17-10-9-16(29-4)11-13(17)2/h9-12,15,24,28H,5-8H2,1-4H3/t15-/m0/s1. The van der Waals surface area contributed by atoms with Crippen LogP contribution in [0.3, 0.4) is 0 Å². The average molecular weight is 393 g/mol. The predicted octanol–water partition coefficient (Wildman–Crippen LogP) is 4.16. The number of nitrogens with zero attached hydrogens (tertiary/aromatic N) is 4. The minimum absolute atomic E-state index is 0.0778. The lowest BCUT2D eigenvalue weighted by Gasteiger charge is -2.17. The maximum Gasteiger partial charge on any atom is 0.165 e. The van der Waals surface area contributed by atoms with E-state index in [1.54, 1.807) is 7.11 Å². The zero-order chi connectivity index (χ0) is 20.5. The summed E-state index contributed by atoms with van der Waals surface area (Å²) < 4.78 is 7.29. The van der Waals surface area contributed by atoms with Crippen LogP contribution in [-0.2, 0) is 12.8 Å². The van der Waals surface area contributed by atoms with Gasteiger partial charge in [0.1, 0.15) is 11.6 Å². The number of hydrogen-bond donors (Lipinski definition) is 2. The molecule has 0 amide bonds. The zero-order valence-electron chi connectivity index (χ0n) is 17.4. The third-order valence-electron chi connectivity index (χ3n) is 5.67. The van der Waals surface area contributed by atoms with Gasteiger partial charge in [-0.25, -0.2) is 4.98 Å². The molecule has 3 aromatic rings. The Labute approximate surface area is 170 Å². The van der Waals surface area contributed by atoms with E-state index in [1.165, 1.54) is 11.8 Å². The van der Waals surface area contributed by atoms with E-state index in [-0.39, 0.29) is 6.04 Å². The van der Waals surface area contributed by atoms with Crippen molar-refractivity contribution in [3.63, 3.8) is 0 Å². The van der Waals surface area contributed by atoms with Crippen molar-refractivity contribution in [1.29, 1.82) is 0 Å². The minimum Gasteiger partial charge on any atom is -0.497 e. The third kappa shape index (κ3) is 3.30. The first-order chi connectivity index (χ1) is 14.1. The number of oxime groups is 1. The van der Waals surface area contributed by atoms with Gasteiger partial charge in [0.2, 0.25) is 0 Å². The highest BCUT2D eigenvalue weighted by atomic mass is 16.5. The van der Waals surface area contributed by atoms with E-state index in [0.717, 1.165) is 71.0 Å². The summed E-state index contributed by atoms with van der Waals surface area (Å²) in [5.41, 5.74) is 7.41. The van der Waals surface area contributed by atoms with Gasteiger partial charge in [0, 0.05) is 16.8 Å². The van der Waals surface area contributed by atoms with Crippen LogP contribution < -0.4 is 10.1 Å². The van der Waals surface area contributed by atoms with Crippen LogP contribution in [0, 0.1) is 13.8 Å². The summed E-state index contributed by atoms with van der Waals surface area (Å²) in [6.07, 6.45) is 5.36. The van der Waals surface area contributed by atoms with Gasteiger partial charge in [-0.05, 0) is 62.8 Å². The molecule has 0 saturated heterocycles. The lowest BCUT2D eigenvalue weighted by atomic mass is 10.0. The number of aromatic nitrogens is 3. The molecule has 1 atom stereocenters. The van der Waals surface area contributed by atoms with Gasteiger partial charge >= 0.3 is 0 Å². The van der Waals surface area contributed by atoms with E-state index in [0.29, 0.717) is 0 Å². The summed E-state index contributed by atoms with van der Waals surface area (Å²) in [7, 11) is 1.68. The number of rotatable bonds is 6. The van der Waals surface area contributed by atoms with Crippen molar-refractivity contribution in [2.45, 2.75) is 52.5 Å². The Bertz CT molecular complexity index is 1090. The maximum absolute atomic E-state index is 9.01. The topological polar surface area (TPSA) is 84.0 Å². The summed E-state index contributed by atoms with van der Waals surface area (Å²) in [6.45, 7) is 6.16. The van der Waals surface area contributed by atoms with Crippen LogP contribution in [0.25, 0.3) is 16.8 Å². The number of aryl methyl sites for hydroxylation is 3. The summed E-state index contributed by atoms with van der Waals surface area (Å²) >= 11 is 0. The van der Waals surface area contributed by atoms with Gasteiger partial charge in [-0.3, -0.25) is 0 Å². The monoisotopic (exact) mass is 393 g/mol. The number of nitrogens with one attached hydrogen (secondary N) is 1. The molecule has 4 rings (SSSR count). The maximum atomic E-state index is 9.01. The Morgan fingerprint density at radius 1 is 1.34 bits per heavy atom. The van der Waals surface area contributed by atoms with Gasteiger partial charge in [0.15, 0.2) is 5.65 Å². The first kappa shape index (κ1) is 19.2. The molecule has 152 valence electrons. The molecule has 1 aliphatic carbocycles. The number of benzene rings is 1. The first-order valence-electron chi connectivity index (χ1n) is 10.1. The van der Waals surface area contributed by atoms with Crippen LogP contribution in [0.5, 0.6) is 5.75 Å². The van der Waals surface area contributed by atoms with Gasteiger partial charge in [0.05, 0.1) is 25.1 Å². The Morgan fingerprint density at radius 2 is 2.17 bits per heavy atom. The number of fused-ring (bicyclic) bond motifs is 2. The first-order valence-corrected chi connectivity index (χ1v) is 10.1. The lowest BCUT2D eigenvalue weighted by molar-refractivity contribution is 0.320. The van der Waals surface area contributed by atoms with Gasteiger partial charge in [-0.1, -0.05) is 18.1 Å². The summed E-state index contributed by atoms with van der Waals surface area (Å²) in [5, 5.41) is 20.6. The van der Waals surface area contributed by atoms with Crippen molar-refractivity contribution in [2.24, 2.45) is 5.16 Å². The van der Waals surface area contributed by atoms with Crippen LogP contribution in [-0.4, -0.2) is 39.2 Å². The number of ether oxygens (including phenoxy) is 1. The molecule has 0 radical (unpaired) electrons. The normalized spacial score (nSPS) is 14.5. The fourth-order valence-electron chi connectivity index (χ4n) is 4.14. The molecule has 1 aliphatic rings. The quantitative estimate of drug-likeness (QED) is 0.373. The van der Waals surface area contributed by atoms with E-state index in [9.17, 15) is 0 Å². The van der Waals surface area contributed by atoms with Crippen molar-refractivity contribution >= 4 is 17.7 Å². The van der Waals surface area contributed by atoms with Gasteiger partial charge in [-0.2, -0.15) is 9.61 Å². The zero-order valence-corrected chi connectivity index (χ0v) is 17.4. The molecule has 0 unspecified atom stereocenters. The number of hydrogen-bond acceptors (Lipinski definition) is 6. The lowest BCUT2D eigenvalue weighted by Crippen LogP contribution is -2.23. The van der Waals surface area contributed by atoms with E-state index < -0.39 is 0 Å². The summed E-state index contributed by atoms with van der Waals surface area (Å²) in [5.74, 6) is 1.79. The molecular weight excluding hydrogens is 366 g/mol. The fourth-order valence-corrected chi connectivity index (χ4v) is 4.14. The second kappa shape index (κ2) is 7.73. The van der Waals surface area contributed by atoms with Crippen LogP contribution in [0.2, 0.25) is 0 Å². The van der Waals surface area contributed by atoms with Crippen LogP contribution >= 0.6 is 0 Å². The molecule has 0 fully saturated rings. The molecule has 7 heteroatoms. The van der Waals surface area contributed by atoms with E-state index >= 15 is 0 Å². The Morgan fingerprint density at radius 3 is 2.86 bits per heavy atom. The van der Waals surface area contributed by atoms with E-state index in [4.69, 9.17) is 20.0 Å². The second-order valence-corrected chi connectivity index (χ2v) is 7.54. The Hall–Kier alpha value is -3.09. The van der Waals surface area contributed by atoms with Crippen LogP contribution in [0.4, 0.5) is 5.82 Å². The molecule has 0 bridgehead atoms. The summed E-state index contributed by atoms with van der Waals surface area (Å²) in [6, 6.07) is 6.01. The highest BCUT2D eigenvalue weighted by Gasteiger charge is 2.25. The number of methoxy groups -OCH3 is 1. The number of anilines is 1. The molecule has 0 spiro atoms. The highest BCUT2D eigenvalue weighted by molar-refractivity contribution is 5.84. The minimum atomic E-state index is -0.0778. The Kier molecular flexibility index (Phi) is 5.13. The molecule has 29 heavy (non-hydrogen) atoms. The van der Waals surface area contributed by atoms with Gasteiger partial charge < -0.3 is 15.3 Å². The van der Waals surface area contributed by atoms with Crippen LogP contribution in [0.1, 0.15) is 42.3 Å². The van der Waals surface area contributed by atoms with Crippen molar-refractivity contribution in [2.75, 3.05) is 12.4 Å². The predicted molar refractivity (Wildman–Crippen MR) is 114 cm³/mol. The largest absolute Gasteiger partial charge is 0.497 e. The van der Waals surface area contributed by atoms with E-state index in [2.05, 4.69) is 30.4 Å². The van der Waals surface area contributed by atoms with Gasteiger partial charge in [0.25, 0.3) is 0 Å². The second-order valence-electron chi connectivity index (χ2n) is 7.54. The molecule has 7 nitrogen and oxygen atoms in total. The smallest absolute Gasteiger partial charge is 0.165 e. The van der Waals surface area contributed by atoms with Crippen molar-refractivity contribution in [3.05, 3.63) is 40.7 Å². The highest BCUT2D eigenvalue weighted by Crippen LogP contribution is 2.36. The molecule has 2 heterocycles.